The third kappa shape index (κ3) is 3.85. The second-order valence-corrected chi connectivity index (χ2v) is 4.41. The van der Waals surface area contributed by atoms with Crippen LogP contribution in [0.4, 0.5) is 8.78 Å². The van der Waals surface area contributed by atoms with Crippen molar-refractivity contribution < 1.29 is 13.6 Å². The average molecular weight is 272 g/mol. The maximum atomic E-state index is 13.4. The minimum atomic E-state index is -0.370. The molecule has 0 aromatic heterocycles. The van der Waals surface area contributed by atoms with Gasteiger partial charge in [-0.1, -0.05) is 36.4 Å². The molecule has 0 radical (unpaired) electrons. The van der Waals surface area contributed by atoms with Crippen molar-refractivity contribution >= 4 is 11.9 Å². The fourth-order valence-electron chi connectivity index (χ4n) is 1.84. The van der Waals surface area contributed by atoms with Crippen LogP contribution in [-0.4, -0.2) is 5.78 Å². The van der Waals surface area contributed by atoms with Crippen molar-refractivity contribution in [3.8, 4) is 0 Å². The predicted octanol–water partition coefficient (Wildman–Crippen LogP) is 4.18. The van der Waals surface area contributed by atoms with Crippen LogP contribution < -0.4 is 0 Å². The molecule has 0 aliphatic heterocycles. The number of hydrogen-bond acceptors (Lipinski definition) is 1. The lowest BCUT2D eigenvalue weighted by Gasteiger charge is -2.00. The van der Waals surface area contributed by atoms with Crippen molar-refractivity contribution in [3.63, 3.8) is 0 Å². The molecule has 0 amide bonds. The van der Waals surface area contributed by atoms with Gasteiger partial charge < -0.3 is 0 Å². The third-order valence-electron chi connectivity index (χ3n) is 2.95. The number of carbonyl (C=O) groups excluding carboxylic acids is 1. The summed E-state index contributed by atoms with van der Waals surface area (Å²) in [4.78, 5) is 11.7. The Morgan fingerprint density at radius 3 is 2.30 bits per heavy atom. The van der Waals surface area contributed by atoms with Crippen LogP contribution in [0, 0.1) is 11.6 Å². The first-order valence-corrected chi connectivity index (χ1v) is 6.35. The van der Waals surface area contributed by atoms with Crippen molar-refractivity contribution in [2.24, 2.45) is 0 Å². The van der Waals surface area contributed by atoms with Gasteiger partial charge in [0.1, 0.15) is 11.6 Å². The van der Waals surface area contributed by atoms with Gasteiger partial charge in [-0.05, 0) is 36.3 Å². The smallest absolute Gasteiger partial charge is 0.156 e. The van der Waals surface area contributed by atoms with E-state index in [1.165, 1.54) is 24.3 Å². The van der Waals surface area contributed by atoms with Crippen LogP contribution in [-0.2, 0) is 11.2 Å². The Morgan fingerprint density at radius 1 is 0.950 bits per heavy atom. The van der Waals surface area contributed by atoms with E-state index in [-0.39, 0.29) is 23.8 Å². The summed E-state index contributed by atoms with van der Waals surface area (Å²) in [6, 6.07) is 12.6. The molecule has 0 saturated heterocycles. The molecule has 3 heteroatoms. The standard InChI is InChI=1S/C17H14F2O/c18-16-7-3-1-5-13(16)9-11-15(20)12-10-14-6-2-4-8-17(14)19/h1-9,11H,10,12H2/b11-9+. The van der Waals surface area contributed by atoms with Crippen LogP contribution in [0.15, 0.2) is 54.6 Å². The quantitative estimate of drug-likeness (QED) is 0.746. The van der Waals surface area contributed by atoms with Crippen LogP contribution in [0.1, 0.15) is 17.5 Å². The van der Waals surface area contributed by atoms with Gasteiger partial charge in [0, 0.05) is 12.0 Å². The van der Waals surface area contributed by atoms with Crippen molar-refractivity contribution in [2.45, 2.75) is 12.8 Å². The summed E-state index contributed by atoms with van der Waals surface area (Å²) in [5, 5.41) is 0. The van der Waals surface area contributed by atoms with Gasteiger partial charge in [-0.3, -0.25) is 4.79 Å². The number of halogens is 2. The summed E-state index contributed by atoms with van der Waals surface area (Å²) in [6.45, 7) is 0. The van der Waals surface area contributed by atoms with Gasteiger partial charge in [0.15, 0.2) is 5.78 Å². The van der Waals surface area contributed by atoms with Gasteiger partial charge in [0.2, 0.25) is 0 Å². The van der Waals surface area contributed by atoms with E-state index in [0.29, 0.717) is 17.5 Å². The number of benzene rings is 2. The maximum Gasteiger partial charge on any atom is 0.156 e. The fraction of sp³-hybridized carbons (Fsp3) is 0.118. The first-order valence-electron chi connectivity index (χ1n) is 6.35. The molecule has 0 unspecified atom stereocenters. The summed E-state index contributed by atoms with van der Waals surface area (Å²) in [5.74, 6) is -0.833. The van der Waals surface area contributed by atoms with Gasteiger partial charge >= 0.3 is 0 Å². The predicted molar refractivity (Wildman–Crippen MR) is 75.2 cm³/mol. The fourth-order valence-corrected chi connectivity index (χ4v) is 1.84. The molecule has 2 rings (SSSR count). The lowest BCUT2D eigenvalue weighted by molar-refractivity contribution is -0.114. The van der Waals surface area contributed by atoms with Gasteiger partial charge in [0.05, 0.1) is 0 Å². The minimum absolute atomic E-state index is 0.156. The molecule has 102 valence electrons. The molecule has 0 bridgehead atoms. The molecule has 0 N–H and O–H groups in total. The van der Waals surface area contributed by atoms with E-state index in [4.69, 9.17) is 0 Å². The maximum absolute atomic E-state index is 13.4. The number of ketones is 1. The summed E-state index contributed by atoms with van der Waals surface area (Å²) in [5.41, 5.74) is 0.881. The van der Waals surface area contributed by atoms with Gasteiger partial charge in [-0.2, -0.15) is 0 Å². The van der Waals surface area contributed by atoms with Crippen molar-refractivity contribution in [1.29, 1.82) is 0 Å². The molecule has 2 aromatic carbocycles. The first kappa shape index (κ1) is 14.1. The van der Waals surface area contributed by atoms with Crippen molar-refractivity contribution in [3.05, 3.63) is 77.4 Å². The van der Waals surface area contributed by atoms with E-state index in [2.05, 4.69) is 0 Å². The van der Waals surface area contributed by atoms with Gasteiger partial charge in [-0.25, -0.2) is 8.78 Å². The molecular formula is C17H14F2O. The summed E-state index contributed by atoms with van der Waals surface area (Å²) in [6.07, 6.45) is 3.32. The number of carbonyl (C=O) groups is 1. The van der Waals surface area contributed by atoms with Gasteiger partial charge in [0.25, 0.3) is 0 Å². The highest BCUT2D eigenvalue weighted by Gasteiger charge is 2.04. The molecular weight excluding hydrogens is 258 g/mol. The zero-order valence-corrected chi connectivity index (χ0v) is 10.9. The molecule has 0 atom stereocenters. The largest absolute Gasteiger partial charge is 0.295 e. The molecule has 0 saturated carbocycles. The van der Waals surface area contributed by atoms with Crippen LogP contribution in [0.3, 0.4) is 0 Å². The molecule has 2 aromatic rings. The topological polar surface area (TPSA) is 17.1 Å². The van der Waals surface area contributed by atoms with Crippen LogP contribution in [0.5, 0.6) is 0 Å². The minimum Gasteiger partial charge on any atom is -0.295 e. The first-order chi connectivity index (χ1) is 9.66. The zero-order valence-electron chi connectivity index (χ0n) is 10.9. The summed E-state index contributed by atoms with van der Waals surface area (Å²) in [7, 11) is 0. The Labute approximate surface area is 116 Å². The van der Waals surface area contributed by atoms with Crippen LogP contribution in [0.25, 0.3) is 6.08 Å². The van der Waals surface area contributed by atoms with E-state index in [1.54, 1.807) is 36.4 Å². The average Bonchev–Trinajstić information content (AvgIpc) is 2.45. The van der Waals surface area contributed by atoms with Crippen molar-refractivity contribution in [1.82, 2.24) is 0 Å². The number of rotatable bonds is 5. The molecule has 1 nitrogen and oxygen atoms in total. The molecule has 0 aliphatic rings. The van der Waals surface area contributed by atoms with Gasteiger partial charge in [-0.15, -0.1) is 0 Å². The molecule has 0 heterocycles. The Kier molecular flexibility index (Phi) is 4.77. The lowest BCUT2D eigenvalue weighted by atomic mass is 10.1. The molecule has 0 fully saturated rings. The number of aryl methyl sites for hydroxylation is 1. The number of allylic oxidation sites excluding steroid dienone is 1. The Balaban J connectivity index is 1.93. The van der Waals surface area contributed by atoms with E-state index in [0.717, 1.165) is 0 Å². The highest BCUT2D eigenvalue weighted by atomic mass is 19.1. The number of hydrogen-bond donors (Lipinski definition) is 0. The monoisotopic (exact) mass is 272 g/mol. The molecule has 0 aliphatic carbocycles. The zero-order chi connectivity index (χ0) is 14.4. The van der Waals surface area contributed by atoms with E-state index in [9.17, 15) is 13.6 Å². The molecule has 20 heavy (non-hydrogen) atoms. The van der Waals surface area contributed by atoms with E-state index < -0.39 is 0 Å². The lowest BCUT2D eigenvalue weighted by Crippen LogP contribution is -1.98. The highest BCUT2D eigenvalue weighted by molar-refractivity contribution is 5.93. The van der Waals surface area contributed by atoms with E-state index in [1.807, 2.05) is 0 Å². The highest BCUT2D eigenvalue weighted by Crippen LogP contribution is 2.11. The second-order valence-electron chi connectivity index (χ2n) is 4.41. The Hall–Kier alpha value is -2.29. The Bertz CT molecular complexity index is 632. The second kappa shape index (κ2) is 6.75. The normalized spacial score (nSPS) is 10.9. The molecule has 0 spiro atoms. The summed E-state index contributed by atoms with van der Waals surface area (Å²) < 4.78 is 26.7. The Morgan fingerprint density at radius 2 is 1.60 bits per heavy atom. The van der Waals surface area contributed by atoms with Crippen LogP contribution >= 0.6 is 0 Å². The third-order valence-corrected chi connectivity index (χ3v) is 2.95. The van der Waals surface area contributed by atoms with Crippen LogP contribution in [0.2, 0.25) is 0 Å². The summed E-state index contributed by atoms with van der Waals surface area (Å²) >= 11 is 0. The SMILES string of the molecule is O=C(/C=C/c1ccccc1F)CCc1ccccc1F. The van der Waals surface area contributed by atoms with E-state index >= 15 is 0 Å². The van der Waals surface area contributed by atoms with Crippen molar-refractivity contribution in [2.75, 3.05) is 0 Å².